The maximum absolute atomic E-state index is 12.2. The molecule has 72 valence electrons. The number of carboxylic acid groups (broad SMARTS) is 1. The molecular weight excluding hydrogens is 184 g/mol. The molecule has 1 unspecified atom stereocenters. The van der Waals surface area contributed by atoms with Gasteiger partial charge in [0.2, 0.25) is 0 Å². The normalized spacial score (nSPS) is 14.0. The Bertz CT molecular complexity index is 155. The van der Waals surface area contributed by atoms with Crippen LogP contribution in [0.15, 0.2) is 0 Å². The summed E-state index contributed by atoms with van der Waals surface area (Å²) in [6, 6.07) is 0. The van der Waals surface area contributed by atoms with Gasteiger partial charge in [-0.15, -0.1) is 0 Å². The molecule has 1 atom stereocenters. The van der Waals surface area contributed by atoms with Crippen molar-refractivity contribution in [3.63, 3.8) is 0 Å². The fraction of sp³-hybridized carbons (Fsp3) is 0.800. The van der Waals surface area contributed by atoms with Gasteiger partial charge in [-0.25, -0.2) is 9.18 Å². The number of carbonyl (C=O) groups is 1. The van der Waals surface area contributed by atoms with Crippen molar-refractivity contribution >= 4 is 6.16 Å². The van der Waals surface area contributed by atoms with Gasteiger partial charge in [0.15, 0.2) is 0 Å². The second kappa shape index (κ2) is 4.13. The van der Waals surface area contributed by atoms with E-state index in [9.17, 15) is 22.4 Å². The van der Waals surface area contributed by atoms with Crippen LogP contribution in [0.25, 0.3) is 0 Å². The maximum Gasteiger partial charge on any atom is 0.505 e. The quantitative estimate of drug-likeness (QED) is 0.546. The fourth-order valence-corrected chi connectivity index (χ4v) is 0.472. The lowest BCUT2D eigenvalue weighted by Gasteiger charge is -2.09. The Balaban J connectivity index is 3.60. The zero-order valence-electron chi connectivity index (χ0n) is 5.77. The summed E-state index contributed by atoms with van der Waals surface area (Å²) in [6.07, 6.45) is -10.5. The third-order valence-electron chi connectivity index (χ3n) is 0.841. The Morgan fingerprint density at radius 1 is 1.50 bits per heavy atom. The van der Waals surface area contributed by atoms with E-state index in [0.29, 0.717) is 0 Å². The molecule has 0 radical (unpaired) electrons. The Kier molecular flexibility index (Phi) is 3.78. The van der Waals surface area contributed by atoms with Crippen LogP contribution in [0.1, 0.15) is 6.42 Å². The van der Waals surface area contributed by atoms with Crippen molar-refractivity contribution in [1.82, 2.24) is 0 Å². The monoisotopic (exact) mass is 190 g/mol. The summed E-state index contributed by atoms with van der Waals surface area (Å²) in [4.78, 5) is 9.60. The van der Waals surface area contributed by atoms with E-state index < -0.39 is 31.5 Å². The van der Waals surface area contributed by atoms with Gasteiger partial charge in [0.05, 0.1) is 6.42 Å². The van der Waals surface area contributed by atoms with Crippen LogP contribution in [-0.4, -0.2) is 30.2 Å². The summed E-state index contributed by atoms with van der Waals surface area (Å²) in [5.74, 6) is 0. The molecule has 0 spiro atoms. The van der Waals surface area contributed by atoms with Gasteiger partial charge in [0, 0.05) is 0 Å². The molecule has 1 N–H and O–H groups in total. The van der Waals surface area contributed by atoms with E-state index in [4.69, 9.17) is 5.11 Å². The summed E-state index contributed by atoms with van der Waals surface area (Å²) in [7, 11) is 0. The van der Waals surface area contributed by atoms with Crippen LogP contribution in [0.5, 0.6) is 0 Å². The third-order valence-corrected chi connectivity index (χ3v) is 0.841. The number of rotatable bonds is 3. The lowest BCUT2D eigenvalue weighted by atomic mass is 10.3. The van der Waals surface area contributed by atoms with Crippen molar-refractivity contribution in [2.75, 3.05) is 6.61 Å². The molecule has 0 saturated heterocycles. The van der Waals surface area contributed by atoms with E-state index in [-0.39, 0.29) is 0 Å². The highest BCUT2D eigenvalue weighted by molar-refractivity contribution is 5.56. The Labute approximate surface area is 64.9 Å². The van der Waals surface area contributed by atoms with Gasteiger partial charge in [-0.05, 0) is 0 Å². The second-order valence-electron chi connectivity index (χ2n) is 1.99. The van der Waals surface area contributed by atoms with Crippen molar-refractivity contribution in [2.24, 2.45) is 0 Å². The first-order valence-electron chi connectivity index (χ1n) is 2.88. The van der Waals surface area contributed by atoms with Crippen LogP contribution >= 0.6 is 0 Å². The smallest absolute Gasteiger partial charge is 0.450 e. The molecule has 7 heteroatoms. The predicted molar refractivity (Wildman–Crippen MR) is 29.5 cm³/mol. The number of alkyl halides is 4. The first-order chi connectivity index (χ1) is 5.31. The minimum atomic E-state index is -4.64. The lowest BCUT2D eigenvalue weighted by Crippen LogP contribution is -2.21. The fourth-order valence-electron chi connectivity index (χ4n) is 0.472. The van der Waals surface area contributed by atoms with Crippen LogP contribution in [0, 0.1) is 0 Å². The zero-order chi connectivity index (χ0) is 9.78. The first-order valence-corrected chi connectivity index (χ1v) is 2.88. The van der Waals surface area contributed by atoms with Gasteiger partial charge >= 0.3 is 12.3 Å². The molecule has 12 heavy (non-hydrogen) atoms. The summed E-state index contributed by atoms with van der Waals surface area (Å²) < 4.78 is 49.9. The van der Waals surface area contributed by atoms with Crippen molar-refractivity contribution in [3.05, 3.63) is 0 Å². The molecule has 0 heterocycles. The van der Waals surface area contributed by atoms with E-state index in [1.807, 2.05) is 0 Å². The molecule has 0 aromatic rings. The summed E-state index contributed by atoms with van der Waals surface area (Å²) in [6.45, 7) is -1.09. The van der Waals surface area contributed by atoms with Gasteiger partial charge < -0.3 is 9.84 Å². The zero-order valence-corrected chi connectivity index (χ0v) is 5.77. The van der Waals surface area contributed by atoms with E-state index in [0.717, 1.165) is 0 Å². The SMILES string of the molecule is O=C(O)OCC(F)CC(F)(F)F. The Hall–Kier alpha value is -1.01. The molecule has 0 aromatic carbocycles. The third kappa shape index (κ3) is 7.10. The highest BCUT2D eigenvalue weighted by Crippen LogP contribution is 2.22. The maximum atomic E-state index is 12.2. The molecule has 0 amide bonds. The van der Waals surface area contributed by atoms with Gasteiger partial charge in [-0.3, -0.25) is 0 Å². The van der Waals surface area contributed by atoms with Crippen LogP contribution in [0.4, 0.5) is 22.4 Å². The number of hydrogen-bond acceptors (Lipinski definition) is 2. The van der Waals surface area contributed by atoms with Crippen LogP contribution < -0.4 is 0 Å². The Morgan fingerprint density at radius 2 is 2.00 bits per heavy atom. The van der Waals surface area contributed by atoms with Crippen LogP contribution in [-0.2, 0) is 4.74 Å². The molecule has 0 aliphatic heterocycles. The highest BCUT2D eigenvalue weighted by Gasteiger charge is 2.32. The molecule has 0 rings (SSSR count). The lowest BCUT2D eigenvalue weighted by molar-refractivity contribution is -0.149. The van der Waals surface area contributed by atoms with E-state index in [1.165, 1.54) is 0 Å². The van der Waals surface area contributed by atoms with E-state index >= 15 is 0 Å². The van der Waals surface area contributed by atoms with Gasteiger partial charge in [-0.1, -0.05) is 0 Å². The molecule has 0 fully saturated rings. The molecule has 0 aromatic heterocycles. The van der Waals surface area contributed by atoms with E-state index in [2.05, 4.69) is 4.74 Å². The summed E-state index contributed by atoms with van der Waals surface area (Å²) >= 11 is 0. The summed E-state index contributed by atoms with van der Waals surface area (Å²) in [5, 5.41) is 7.79. The summed E-state index contributed by atoms with van der Waals surface area (Å²) in [5.41, 5.74) is 0. The predicted octanol–water partition coefficient (Wildman–Crippen LogP) is 1.97. The second-order valence-corrected chi connectivity index (χ2v) is 1.99. The van der Waals surface area contributed by atoms with Gasteiger partial charge in [0.1, 0.15) is 12.8 Å². The molecule has 0 aliphatic carbocycles. The van der Waals surface area contributed by atoms with Crippen molar-refractivity contribution < 1.29 is 32.2 Å². The minimum absolute atomic E-state index is 1.09. The number of ether oxygens (including phenoxy) is 1. The first kappa shape index (κ1) is 11.0. The van der Waals surface area contributed by atoms with Crippen LogP contribution in [0.3, 0.4) is 0 Å². The largest absolute Gasteiger partial charge is 0.505 e. The minimum Gasteiger partial charge on any atom is -0.450 e. The molecule has 3 nitrogen and oxygen atoms in total. The number of hydrogen-bond donors (Lipinski definition) is 1. The van der Waals surface area contributed by atoms with Gasteiger partial charge in [-0.2, -0.15) is 13.2 Å². The average Bonchev–Trinajstić information content (AvgIpc) is 1.79. The number of halogens is 4. The van der Waals surface area contributed by atoms with E-state index in [1.54, 1.807) is 0 Å². The molecule has 0 saturated carbocycles. The Morgan fingerprint density at radius 3 is 2.33 bits per heavy atom. The highest BCUT2D eigenvalue weighted by atomic mass is 19.4. The molecule has 0 bridgehead atoms. The molecular formula is C5H6F4O3. The molecule has 0 aliphatic rings. The van der Waals surface area contributed by atoms with Crippen molar-refractivity contribution in [3.8, 4) is 0 Å². The van der Waals surface area contributed by atoms with Crippen molar-refractivity contribution in [2.45, 2.75) is 18.8 Å². The average molecular weight is 190 g/mol. The standard InChI is InChI=1S/C5H6F4O3/c6-3(1-5(7,8)9)2-12-4(10)11/h3H,1-2H2,(H,10,11). The van der Waals surface area contributed by atoms with Crippen molar-refractivity contribution in [1.29, 1.82) is 0 Å². The van der Waals surface area contributed by atoms with Gasteiger partial charge in [0.25, 0.3) is 0 Å². The topological polar surface area (TPSA) is 46.5 Å². The van der Waals surface area contributed by atoms with Crippen LogP contribution in [0.2, 0.25) is 0 Å².